The van der Waals surface area contributed by atoms with Gasteiger partial charge in [0, 0.05) is 18.3 Å². The van der Waals surface area contributed by atoms with Gasteiger partial charge in [0.1, 0.15) is 6.54 Å². The van der Waals surface area contributed by atoms with Crippen LogP contribution in [0.15, 0.2) is 12.5 Å². The molecule has 0 spiro atoms. The zero-order valence-electron chi connectivity index (χ0n) is 7.56. The van der Waals surface area contributed by atoms with Crippen molar-refractivity contribution in [1.29, 1.82) is 0 Å². The second-order valence-corrected chi connectivity index (χ2v) is 2.63. The van der Waals surface area contributed by atoms with Gasteiger partial charge >= 0.3 is 5.97 Å². The molecule has 1 heterocycles. The first-order chi connectivity index (χ1) is 6.27. The van der Waals surface area contributed by atoms with E-state index in [-0.39, 0.29) is 12.5 Å². The maximum absolute atomic E-state index is 10.9. The first-order valence-electron chi connectivity index (χ1n) is 4.03. The smallest absolute Gasteiger partial charge is 0.325 e. The number of nitrogens with zero attached hydrogens (tertiary/aromatic N) is 2. The number of carbonyl (C=O) groups is 1. The fourth-order valence-corrected chi connectivity index (χ4v) is 1.05. The number of methoxy groups -OCH3 is 1. The third kappa shape index (κ3) is 2.55. The number of rotatable bonds is 4. The Morgan fingerprint density at radius 3 is 3.15 bits per heavy atom. The molecule has 0 bridgehead atoms. The molecule has 2 N–H and O–H groups in total. The fourth-order valence-electron chi connectivity index (χ4n) is 1.05. The average Bonchev–Trinajstić information content (AvgIpc) is 2.54. The van der Waals surface area contributed by atoms with Crippen molar-refractivity contribution >= 4 is 5.97 Å². The molecule has 0 aliphatic carbocycles. The van der Waals surface area contributed by atoms with Crippen molar-refractivity contribution in [3.8, 4) is 0 Å². The summed E-state index contributed by atoms with van der Waals surface area (Å²) in [5, 5.41) is 0. The molecule has 5 nitrogen and oxygen atoms in total. The van der Waals surface area contributed by atoms with Gasteiger partial charge in [-0.15, -0.1) is 0 Å². The maximum Gasteiger partial charge on any atom is 0.325 e. The van der Waals surface area contributed by atoms with Crippen LogP contribution in [0, 0.1) is 0 Å². The minimum atomic E-state index is -0.281. The van der Waals surface area contributed by atoms with Crippen LogP contribution in [0.2, 0.25) is 0 Å². The highest BCUT2D eigenvalue weighted by atomic mass is 16.5. The van der Waals surface area contributed by atoms with Crippen molar-refractivity contribution in [3.05, 3.63) is 18.2 Å². The number of hydrogen-bond acceptors (Lipinski definition) is 4. The average molecular weight is 183 g/mol. The van der Waals surface area contributed by atoms with Gasteiger partial charge in [-0.05, 0) is 6.54 Å². The highest BCUT2D eigenvalue weighted by Gasteiger charge is 2.05. The van der Waals surface area contributed by atoms with Crippen molar-refractivity contribution in [2.75, 3.05) is 13.7 Å². The Morgan fingerprint density at radius 2 is 2.54 bits per heavy atom. The van der Waals surface area contributed by atoms with E-state index in [9.17, 15) is 4.79 Å². The van der Waals surface area contributed by atoms with Crippen LogP contribution in [-0.4, -0.2) is 29.2 Å². The number of ether oxygens (including phenoxy) is 1. The number of imidazole rings is 1. The molecule has 1 aromatic heterocycles. The van der Waals surface area contributed by atoms with Crippen LogP contribution in [0.4, 0.5) is 0 Å². The Morgan fingerprint density at radius 1 is 1.77 bits per heavy atom. The lowest BCUT2D eigenvalue weighted by atomic mass is 10.3. The van der Waals surface area contributed by atoms with Crippen LogP contribution in [0.3, 0.4) is 0 Å². The SMILES string of the molecule is COC(=O)Cn1cncc1CCN. The molecule has 1 aromatic rings. The molecule has 0 radical (unpaired) electrons. The molecule has 0 fully saturated rings. The number of carbonyl (C=O) groups excluding carboxylic acids is 1. The molecule has 0 aromatic carbocycles. The van der Waals surface area contributed by atoms with Crippen molar-refractivity contribution in [2.24, 2.45) is 5.73 Å². The summed E-state index contributed by atoms with van der Waals surface area (Å²) in [5.41, 5.74) is 6.35. The van der Waals surface area contributed by atoms with Gasteiger partial charge in [0.15, 0.2) is 0 Å². The van der Waals surface area contributed by atoms with E-state index < -0.39 is 0 Å². The molecular formula is C8H13N3O2. The van der Waals surface area contributed by atoms with Gasteiger partial charge in [0.2, 0.25) is 0 Å². The minimum Gasteiger partial charge on any atom is -0.468 e. The monoisotopic (exact) mass is 183 g/mol. The van der Waals surface area contributed by atoms with E-state index in [2.05, 4.69) is 9.72 Å². The van der Waals surface area contributed by atoms with Crippen molar-refractivity contribution < 1.29 is 9.53 Å². The van der Waals surface area contributed by atoms with E-state index >= 15 is 0 Å². The summed E-state index contributed by atoms with van der Waals surface area (Å²) < 4.78 is 6.27. The summed E-state index contributed by atoms with van der Waals surface area (Å²) in [6.07, 6.45) is 4.02. The predicted molar refractivity (Wildman–Crippen MR) is 47.0 cm³/mol. The van der Waals surface area contributed by atoms with Crippen LogP contribution >= 0.6 is 0 Å². The summed E-state index contributed by atoms with van der Waals surface area (Å²) in [6.45, 7) is 0.749. The Bertz CT molecular complexity index is 283. The Balaban J connectivity index is 2.64. The fraction of sp³-hybridized carbons (Fsp3) is 0.500. The standard InChI is InChI=1S/C8H13N3O2/c1-13-8(12)5-11-6-10-4-7(11)2-3-9/h4,6H,2-3,5,9H2,1H3. The van der Waals surface area contributed by atoms with Gasteiger partial charge in [-0.25, -0.2) is 4.98 Å². The number of aromatic nitrogens is 2. The molecule has 0 amide bonds. The van der Waals surface area contributed by atoms with Gasteiger partial charge < -0.3 is 15.0 Å². The van der Waals surface area contributed by atoms with Crippen LogP contribution in [0.5, 0.6) is 0 Å². The minimum absolute atomic E-state index is 0.200. The van der Waals surface area contributed by atoms with Crippen LogP contribution < -0.4 is 5.73 Å². The van der Waals surface area contributed by atoms with Crippen molar-refractivity contribution in [3.63, 3.8) is 0 Å². The van der Waals surface area contributed by atoms with E-state index in [4.69, 9.17) is 5.73 Å². The first-order valence-corrected chi connectivity index (χ1v) is 4.03. The lowest BCUT2D eigenvalue weighted by Crippen LogP contribution is -2.15. The molecule has 0 aliphatic heterocycles. The maximum atomic E-state index is 10.9. The van der Waals surface area contributed by atoms with Gasteiger partial charge in [-0.1, -0.05) is 0 Å². The molecule has 1 rings (SSSR count). The summed E-state index contributed by atoms with van der Waals surface area (Å²) >= 11 is 0. The third-order valence-electron chi connectivity index (χ3n) is 1.73. The third-order valence-corrected chi connectivity index (χ3v) is 1.73. The van der Waals surface area contributed by atoms with Crippen LogP contribution in [0.1, 0.15) is 5.69 Å². The molecule has 0 saturated heterocycles. The lowest BCUT2D eigenvalue weighted by Gasteiger charge is -2.04. The molecule has 0 unspecified atom stereocenters. The molecule has 5 heteroatoms. The topological polar surface area (TPSA) is 70.1 Å². The summed E-state index contributed by atoms with van der Waals surface area (Å²) in [6, 6.07) is 0. The van der Waals surface area contributed by atoms with Crippen molar-refractivity contribution in [1.82, 2.24) is 9.55 Å². The number of esters is 1. The largest absolute Gasteiger partial charge is 0.468 e. The second-order valence-electron chi connectivity index (χ2n) is 2.63. The molecule has 13 heavy (non-hydrogen) atoms. The molecule has 0 aliphatic rings. The van der Waals surface area contributed by atoms with E-state index in [1.807, 2.05) is 0 Å². The van der Waals surface area contributed by atoms with Gasteiger partial charge in [0.25, 0.3) is 0 Å². The molecular weight excluding hydrogens is 170 g/mol. The van der Waals surface area contributed by atoms with Gasteiger partial charge in [0.05, 0.1) is 13.4 Å². The van der Waals surface area contributed by atoms with Crippen LogP contribution in [0.25, 0.3) is 0 Å². The van der Waals surface area contributed by atoms with Crippen LogP contribution in [-0.2, 0) is 22.5 Å². The first kappa shape index (κ1) is 9.73. The van der Waals surface area contributed by atoms with E-state index in [1.54, 1.807) is 17.1 Å². The Hall–Kier alpha value is -1.36. The molecule has 72 valence electrons. The summed E-state index contributed by atoms with van der Waals surface area (Å²) in [4.78, 5) is 14.9. The number of nitrogens with two attached hydrogens (primary N) is 1. The van der Waals surface area contributed by atoms with Gasteiger partial charge in [-0.3, -0.25) is 4.79 Å². The Kier molecular flexibility index (Phi) is 3.45. The predicted octanol–water partition coefficient (Wildman–Crippen LogP) is -0.443. The lowest BCUT2D eigenvalue weighted by molar-refractivity contribution is -0.141. The highest BCUT2D eigenvalue weighted by molar-refractivity contribution is 5.69. The van der Waals surface area contributed by atoms with Crippen molar-refractivity contribution in [2.45, 2.75) is 13.0 Å². The molecule has 0 saturated carbocycles. The summed E-state index contributed by atoms with van der Waals surface area (Å²) in [7, 11) is 1.36. The zero-order valence-corrected chi connectivity index (χ0v) is 7.56. The Labute approximate surface area is 76.5 Å². The second kappa shape index (κ2) is 4.61. The van der Waals surface area contributed by atoms with Gasteiger partial charge in [-0.2, -0.15) is 0 Å². The number of hydrogen-bond donors (Lipinski definition) is 1. The quantitative estimate of drug-likeness (QED) is 0.642. The van der Waals surface area contributed by atoms with E-state index in [0.717, 1.165) is 12.1 Å². The normalized spacial score (nSPS) is 10.0. The molecule has 0 atom stereocenters. The highest BCUT2D eigenvalue weighted by Crippen LogP contribution is 1.99. The van der Waals surface area contributed by atoms with E-state index in [1.165, 1.54) is 7.11 Å². The summed E-state index contributed by atoms with van der Waals surface area (Å²) in [5.74, 6) is -0.281. The zero-order chi connectivity index (χ0) is 9.68. The van der Waals surface area contributed by atoms with E-state index in [0.29, 0.717) is 6.54 Å².